The van der Waals surface area contributed by atoms with Crippen molar-refractivity contribution >= 4 is 17.9 Å². The summed E-state index contributed by atoms with van der Waals surface area (Å²) in [7, 11) is 0. The molecule has 4 heteroatoms. The molecule has 0 fully saturated rings. The SMILES string of the molecule is CSCOC(=O)[O-]. The Balaban J connectivity index is 2.82. The van der Waals surface area contributed by atoms with E-state index in [-0.39, 0.29) is 5.94 Å². The maximum Gasteiger partial charge on any atom is 0.252 e. The summed E-state index contributed by atoms with van der Waals surface area (Å²) < 4.78 is 3.96. The number of carbonyl (C=O) groups is 1. The van der Waals surface area contributed by atoms with Crippen LogP contribution in [0.3, 0.4) is 0 Å². The number of carboxylic acid groups (broad SMARTS) is 1. The van der Waals surface area contributed by atoms with Crippen molar-refractivity contribution in [1.29, 1.82) is 0 Å². The Labute approximate surface area is 45.7 Å². The zero-order valence-corrected chi connectivity index (χ0v) is 4.66. The van der Waals surface area contributed by atoms with Crippen LogP contribution in [0.4, 0.5) is 4.79 Å². The standard InChI is InChI=1S/C3H6O3S/c1-7-2-6-3(4)5/h2H2,1H3,(H,4,5)/p-1. The summed E-state index contributed by atoms with van der Waals surface area (Å²) in [6.07, 6.45) is 0.275. The van der Waals surface area contributed by atoms with Gasteiger partial charge < -0.3 is 14.6 Å². The Kier molecular flexibility index (Phi) is 3.59. The normalized spacial score (nSPS) is 8.14. The van der Waals surface area contributed by atoms with E-state index in [0.717, 1.165) is 0 Å². The first-order chi connectivity index (χ1) is 3.27. The predicted octanol–water partition coefficient (Wildman–Crippen LogP) is -0.333. The maximum absolute atomic E-state index is 9.41. The van der Waals surface area contributed by atoms with Crippen LogP contribution in [0.2, 0.25) is 0 Å². The molecule has 0 amide bonds. The molecule has 0 unspecified atom stereocenters. The molecule has 7 heavy (non-hydrogen) atoms. The predicted molar refractivity (Wildman–Crippen MR) is 24.9 cm³/mol. The molecular weight excluding hydrogens is 116 g/mol. The van der Waals surface area contributed by atoms with Gasteiger partial charge in [-0.2, -0.15) is 0 Å². The van der Waals surface area contributed by atoms with E-state index in [2.05, 4.69) is 4.74 Å². The van der Waals surface area contributed by atoms with Gasteiger partial charge in [-0.3, -0.25) is 0 Å². The summed E-state index contributed by atoms with van der Waals surface area (Å²) in [5, 5.41) is 9.41. The molecule has 0 spiro atoms. The molecule has 42 valence electrons. The third-order valence-corrected chi connectivity index (χ3v) is 0.648. The second kappa shape index (κ2) is 3.80. The van der Waals surface area contributed by atoms with Gasteiger partial charge in [-0.05, 0) is 6.26 Å². The summed E-state index contributed by atoms with van der Waals surface area (Å²) in [4.78, 5) is 9.41. The lowest BCUT2D eigenvalue weighted by Crippen LogP contribution is -2.23. The van der Waals surface area contributed by atoms with E-state index >= 15 is 0 Å². The average Bonchev–Trinajstić information content (AvgIpc) is 1.61. The molecule has 0 aromatic heterocycles. The molecule has 0 heterocycles. The molecule has 0 atom stereocenters. The molecule has 0 bridgehead atoms. The van der Waals surface area contributed by atoms with Gasteiger partial charge in [0.05, 0.1) is 5.94 Å². The van der Waals surface area contributed by atoms with Crippen molar-refractivity contribution in [2.24, 2.45) is 0 Å². The smallest absolute Gasteiger partial charge is 0.252 e. The van der Waals surface area contributed by atoms with Crippen LogP contribution < -0.4 is 5.11 Å². The number of rotatable bonds is 2. The van der Waals surface area contributed by atoms with E-state index in [1.54, 1.807) is 6.26 Å². The second-order valence-electron chi connectivity index (χ2n) is 0.801. The minimum absolute atomic E-state index is 0.155. The van der Waals surface area contributed by atoms with Crippen LogP contribution in [-0.4, -0.2) is 18.4 Å². The van der Waals surface area contributed by atoms with Crippen molar-refractivity contribution in [1.82, 2.24) is 0 Å². The van der Waals surface area contributed by atoms with Crippen molar-refractivity contribution < 1.29 is 14.6 Å². The number of thioether (sulfide) groups is 1. The van der Waals surface area contributed by atoms with E-state index < -0.39 is 6.16 Å². The fourth-order valence-corrected chi connectivity index (χ4v) is 0.321. The summed E-state index contributed by atoms with van der Waals surface area (Å²) in [5.74, 6) is 0.155. The Hall–Kier alpha value is -0.380. The zero-order chi connectivity index (χ0) is 5.70. The van der Waals surface area contributed by atoms with Crippen LogP contribution in [0.5, 0.6) is 0 Å². The quantitative estimate of drug-likeness (QED) is 0.370. The number of carbonyl (C=O) groups excluding carboxylic acids is 1. The molecule has 0 aliphatic heterocycles. The molecule has 0 radical (unpaired) electrons. The van der Waals surface area contributed by atoms with Crippen molar-refractivity contribution in [3.63, 3.8) is 0 Å². The van der Waals surface area contributed by atoms with Gasteiger partial charge in [0.1, 0.15) is 0 Å². The fraction of sp³-hybridized carbons (Fsp3) is 0.667. The monoisotopic (exact) mass is 121 g/mol. The van der Waals surface area contributed by atoms with Crippen LogP contribution >= 0.6 is 11.8 Å². The molecular formula is C3H5O3S-. The van der Waals surface area contributed by atoms with Crippen molar-refractivity contribution in [2.75, 3.05) is 12.2 Å². The lowest BCUT2D eigenvalue weighted by molar-refractivity contribution is -0.280. The molecule has 3 nitrogen and oxygen atoms in total. The highest BCUT2D eigenvalue weighted by Crippen LogP contribution is 1.89. The van der Waals surface area contributed by atoms with Crippen molar-refractivity contribution in [2.45, 2.75) is 0 Å². The minimum Gasteiger partial charge on any atom is -0.539 e. The molecule has 0 aliphatic rings. The van der Waals surface area contributed by atoms with Gasteiger partial charge in [-0.15, -0.1) is 11.8 Å². The number of hydrogen-bond donors (Lipinski definition) is 0. The third kappa shape index (κ3) is 5.62. The molecule has 0 N–H and O–H groups in total. The van der Waals surface area contributed by atoms with E-state index in [4.69, 9.17) is 0 Å². The fourth-order valence-electron chi connectivity index (χ4n) is 0.107. The summed E-state index contributed by atoms with van der Waals surface area (Å²) in [6.45, 7) is 0. The molecule has 0 saturated carbocycles. The van der Waals surface area contributed by atoms with Gasteiger partial charge in [-0.25, -0.2) is 0 Å². The van der Waals surface area contributed by atoms with Gasteiger partial charge in [0, 0.05) is 0 Å². The van der Waals surface area contributed by atoms with Crippen molar-refractivity contribution in [3.8, 4) is 0 Å². The van der Waals surface area contributed by atoms with Crippen LogP contribution in [0.15, 0.2) is 0 Å². The first-order valence-electron chi connectivity index (χ1n) is 1.60. The highest BCUT2D eigenvalue weighted by atomic mass is 32.2. The summed E-state index contributed by atoms with van der Waals surface area (Å²) >= 11 is 1.29. The molecule has 0 aliphatic carbocycles. The Bertz CT molecular complexity index is 63.2. The third-order valence-electron chi connectivity index (χ3n) is 0.295. The molecule has 0 aromatic carbocycles. The van der Waals surface area contributed by atoms with E-state index in [0.29, 0.717) is 0 Å². The topological polar surface area (TPSA) is 49.4 Å². The number of hydrogen-bond acceptors (Lipinski definition) is 4. The number of ether oxygens (including phenoxy) is 1. The van der Waals surface area contributed by atoms with Gasteiger partial charge in [0.2, 0.25) is 0 Å². The second-order valence-corrected chi connectivity index (χ2v) is 1.61. The van der Waals surface area contributed by atoms with Crippen LogP contribution in [-0.2, 0) is 4.74 Å². The lowest BCUT2D eigenvalue weighted by atomic mass is 11.4. The van der Waals surface area contributed by atoms with Gasteiger partial charge in [0.15, 0.2) is 0 Å². The zero-order valence-electron chi connectivity index (χ0n) is 3.84. The van der Waals surface area contributed by atoms with Crippen LogP contribution in [0, 0.1) is 0 Å². The van der Waals surface area contributed by atoms with Crippen molar-refractivity contribution in [3.05, 3.63) is 0 Å². The van der Waals surface area contributed by atoms with Crippen LogP contribution in [0.1, 0.15) is 0 Å². The Morgan fingerprint density at radius 2 is 2.57 bits per heavy atom. The van der Waals surface area contributed by atoms with Gasteiger partial charge in [-0.1, -0.05) is 0 Å². The van der Waals surface area contributed by atoms with Crippen LogP contribution in [0.25, 0.3) is 0 Å². The van der Waals surface area contributed by atoms with Gasteiger partial charge >= 0.3 is 0 Å². The van der Waals surface area contributed by atoms with E-state index in [1.165, 1.54) is 11.8 Å². The molecule has 0 aromatic rings. The lowest BCUT2D eigenvalue weighted by Gasteiger charge is -2.02. The molecule has 0 rings (SSSR count). The Morgan fingerprint density at radius 3 is 2.71 bits per heavy atom. The highest BCUT2D eigenvalue weighted by molar-refractivity contribution is 7.98. The van der Waals surface area contributed by atoms with E-state index in [1.807, 2.05) is 0 Å². The Morgan fingerprint density at radius 1 is 2.00 bits per heavy atom. The van der Waals surface area contributed by atoms with Gasteiger partial charge in [0.25, 0.3) is 6.16 Å². The maximum atomic E-state index is 9.41. The average molecular weight is 121 g/mol. The summed E-state index contributed by atoms with van der Waals surface area (Å²) in [6, 6.07) is 0. The molecule has 0 saturated heterocycles. The van der Waals surface area contributed by atoms with E-state index in [9.17, 15) is 9.90 Å². The first-order valence-corrected chi connectivity index (χ1v) is 2.99. The summed E-state index contributed by atoms with van der Waals surface area (Å²) in [5.41, 5.74) is 0. The minimum atomic E-state index is -1.46. The largest absolute Gasteiger partial charge is 0.539 e. The highest BCUT2D eigenvalue weighted by Gasteiger charge is 1.76. The first kappa shape index (κ1) is 6.62.